The highest BCUT2D eigenvalue weighted by molar-refractivity contribution is 6.09. The molecule has 2 aromatic carbocycles. The van der Waals surface area contributed by atoms with Crippen molar-refractivity contribution in [3.63, 3.8) is 0 Å². The molecule has 0 heterocycles. The number of amides is 2. The van der Waals surface area contributed by atoms with Crippen LogP contribution in [0.1, 0.15) is 31.9 Å². The molecule has 0 aromatic heterocycles. The summed E-state index contributed by atoms with van der Waals surface area (Å²) in [6.45, 7) is 5.74. The number of carbonyl (C=O) groups is 2. The Kier molecular flexibility index (Phi) is 5.74. The van der Waals surface area contributed by atoms with Gasteiger partial charge < -0.3 is 10.6 Å². The van der Waals surface area contributed by atoms with Crippen LogP contribution in [0.2, 0.25) is 0 Å². The minimum absolute atomic E-state index is 0.297. The molecule has 2 rings (SSSR count). The molecule has 0 unspecified atom stereocenters. The summed E-state index contributed by atoms with van der Waals surface area (Å²) < 4.78 is 0. The molecule has 0 aliphatic carbocycles. The molecular formula is C20H24N2O2. The molecule has 0 bridgehead atoms. The van der Waals surface area contributed by atoms with Gasteiger partial charge in [0.15, 0.2) is 0 Å². The lowest BCUT2D eigenvalue weighted by molar-refractivity contribution is -0.138. The van der Waals surface area contributed by atoms with Gasteiger partial charge in [-0.15, -0.1) is 0 Å². The third-order valence-corrected chi connectivity index (χ3v) is 4.05. The fourth-order valence-electron chi connectivity index (χ4n) is 2.21. The number of nitrogens with one attached hydrogen (secondary N) is 2. The molecule has 0 radical (unpaired) electrons. The number of rotatable bonds is 6. The zero-order valence-electron chi connectivity index (χ0n) is 14.4. The minimum atomic E-state index is -1.15. The standard InChI is InChI=1S/C20H24N2O2/c1-4-15-10-12-17(13-11-15)22-19(24)20(2,3)18(23)21-14-16-8-6-5-7-9-16/h5-13H,4,14H2,1-3H3,(H,21,23)(H,22,24). The first-order chi connectivity index (χ1) is 11.4. The maximum absolute atomic E-state index is 12.5. The number of anilines is 1. The summed E-state index contributed by atoms with van der Waals surface area (Å²) in [6, 6.07) is 17.3. The first kappa shape index (κ1) is 17.7. The van der Waals surface area contributed by atoms with E-state index >= 15 is 0 Å². The van der Waals surface area contributed by atoms with E-state index in [0.717, 1.165) is 12.0 Å². The fraction of sp³-hybridized carbons (Fsp3) is 0.300. The molecule has 126 valence electrons. The maximum Gasteiger partial charge on any atom is 0.239 e. The van der Waals surface area contributed by atoms with Crippen molar-refractivity contribution in [3.05, 3.63) is 65.7 Å². The van der Waals surface area contributed by atoms with Gasteiger partial charge in [-0.25, -0.2) is 0 Å². The van der Waals surface area contributed by atoms with E-state index in [4.69, 9.17) is 0 Å². The Balaban J connectivity index is 1.96. The van der Waals surface area contributed by atoms with E-state index in [1.807, 2.05) is 54.6 Å². The molecule has 2 aromatic rings. The van der Waals surface area contributed by atoms with Crippen LogP contribution < -0.4 is 10.6 Å². The van der Waals surface area contributed by atoms with E-state index < -0.39 is 5.41 Å². The van der Waals surface area contributed by atoms with Crippen molar-refractivity contribution >= 4 is 17.5 Å². The van der Waals surface area contributed by atoms with E-state index in [1.54, 1.807) is 13.8 Å². The Morgan fingerprint density at radius 1 is 0.875 bits per heavy atom. The number of aryl methyl sites for hydroxylation is 1. The maximum atomic E-state index is 12.5. The van der Waals surface area contributed by atoms with Crippen LogP contribution in [-0.2, 0) is 22.6 Å². The summed E-state index contributed by atoms with van der Waals surface area (Å²) in [6.07, 6.45) is 0.946. The molecule has 4 heteroatoms. The first-order valence-corrected chi connectivity index (χ1v) is 8.16. The second kappa shape index (κ2) is 7.77. The predicted molar refractivity (Wildman–Crippen MR) is 96.5 cm³/mol. The number of benzene rings is 2. The van der Waals surface area contributed by atoms with E-state index in [9.17, 15) is 9.59 Å². The van der Waals surface area contributed by atoms with Crippen LogP contribution in [0.4, 0.5) is 5.69 Å². The van der Waals surface area contributed by atoms with E-state index in [-0.39, 0.29) is 11.8 Å². The van der Waals surface area contributed by atoms with Gasteiger partial charge in [-0.3, -0.25) is 9.59 Å². The molecule has 0 aliphatic heterocycles. The molecule has 0 atom stereocenters. The van der Waals surface area contributed by atoms with Crippen LogP contribution >= 0.6 is 0 Å². The third kappa shape index (κ3) is 4.44. The van der Waals surface area contributed by atoms with E-state index in [2.05, 4.69) is 17.6 Å². The van der Waals surface area contributed by atoms with Gasteiger partial charge in [-0.05, 0) is 43.5 Å². The average molecular weight is 324 g/mol. The summed E-state index contributed by atoms with van der Waals surface area (Å²) in [7, 11) is 0. The summed E-state index contributed by atoms with van der Waals surface area (Å²) in [5.74, 6) is -0.619. The second-order valence-electron chi connectivity index (χ2n) is 6.30. The Hall–Kier alpha value is -2.62. The molecule has 0 spiro atoms. The Morgan fingerprint density at radius 3 is 2.08 bits per heavy atom. The summed E-state index contributed by atoms with van der Waals surface area (Å²) >= 11 is 0. The SMILES string of the molecule is CCc1ccc(NC(=O)C(C)(C)C(=O)NCc2ccccc2)cc1. The number of hydrogen-bond acceptors (Lipinski definition) is 2. The molecule has 2 N–H and O–H groups in total. The molecule has 0 saturated heterocycles. The van der Waals surface area contributed by atoms with Gasteiger partial charge >= 0.3 is 0 Å². The quantitative estimate of drug-likeness (QED) is 0.799. The zero-order valence-corrected chi connectivity index (χ0v) is 14.4. The summed E-state index contributed by atoms with van der Waals surface area (Å²) in [5, 5.41) is 5.64. The highest BCUT2D eigenvalue weighted by Crippen LogP contribution is 2.20. The van der Waals surface area contributed by atoms with Crippen LogP contribution in [0, 0.1) is 5.41 Å². The van der Waals surface area contributed by atoms with Gasteiger partial charge in [0.05, 0.1) is 0 Å². The van der Waals surface area contributed by atoms with Crippen LogP contribution in [0.3, 0.4) is 0 Å². The van der Waals surface area contributed by atoms with Crippen molar-refractivity contribution in [1.82, 2.24) is 5.32 Å². The van der Waals surface area contributed by atoms with E-state index in [1.165, 1.54) is 5.56 Å². The van der Waals surface area contributed by atoms with Crippen LogP contribution in [0.15, 0.2) is 54.6 Å². The summed E-state index contributed by atoms with van der Waals surface area (Å²) in [4.78, 5) is 24.9. The van der Waals surface area contributed by atoms with Gasteiger partial charge in [0.1, 0.15) is 5.41 Å². The molecule has 24 heavy (non-hydrogen) atoms. The largest absolute Gasteiger partial charge is 0.351 e. The van der Waals surface area contributed by atoms with Crippen molar-refractivity contribution in [2.24, 2.45) is 5.41 Å². The van der Waals surface area contributed by atoms with Crippen molar-refractivity contribution in [2.45, 2.75) is 33.7 Å². The molecule has 0 saturated carbocycles. The highest BCUT2D eigenvalue weighted by Gasteiger charge is 2.35. The fourth-order valence-corrected chi connectivity index (χ4v) is 2.21. The smallest absolute Gasteiger partial charge is 0.239 e. The van der Waals surface area contributed by atoms with Crippen molar-refractivity contribution < 1.29 is 9.59 Å². The van der Waals surface area contributed by atoms with Gasteiger partial charge in [-0.2, -0.15) is 0 Å². The van der Waals surface area contributed by atoms with Crippen LogP contribution in [-0.4, -0.2) is 11.8 Å². The van der Waals surface area contributed by atoms with Gasteiger partial charge in [0, 0.05) is 12.2 Å². The Labute approximate surface area is 143 Å². The zero-order chi connectivity index (χ0) is 17.6. The topological polar surface area (TPSA) is 58.2 Å². The van der Waals surface area contributed by atoms with Gasteiger partial charge in [-0.1, -0.05) is 49.4 Å². The molecule has 0 fully saturated rings. The van der Waals surface area contributed by atoms with Crippen LogP contribution in [0.5, 0.6) is 0 Å². The lowest BCUT2D eigenvalue weighted by Crippen LogP contribution is -2.44. The van der Waals surface area contributed by atoms with Gasteiger partial charge in [0.25, 0.3) is 0 Å². The number of hydrogen-bond donors (Lipinski definition) is 2. The lowest BCUT2D eigenvalue weighted by Gasteiger charge is -2.23. The Bertz CT molecular complexity index is 691. The van der Waals surface area contributed by atoms with Crippen molar-refractivity contribution in [2.75, 3.05) is 5.32 Å². The molecule has 0 aliphatic rings. The Morgan fingerprint density at radius 2 is 1.50 bits per heavy atom. The molecular weight excluding hydrogens is 300 g/mol. The number of carbonyl (C=O) groups excluding carboxylic acids is 2. The van der Waals surface area contributed by atoms with Crippen molar-refractivity contribution in [1.29, 1.82) is 0 Å². The normalized spacial score (nSPS) is 11.0. The summed E-state index contributed by atoms with van der Waals surface area (Å²) in [5.41, 5.74) is 1.74. The average Bonchev–Trinajstić information content (AvgIpc) is 2.61. The highest BCUT2D eigenvalue weighted by atomic mass is 16.2. The monoisotopic (exact) mass is 324 g/mol. The lowest BCUT2D eigenvalue weighted by atomic mass is 9.90. The molecule has 2 amide bonds. The van der Waals surface area contributed by atoms with Gasteiger partial charge in [0.2, 0.25) is 11.8 Å². The van der Waals surface area contributed by atoms with Crippen molar-refractivity contribution in [3.8, 4) is 0 Å². The third-order valence-electron chi connectivity index (χ3n) is 4.05. The first-order valence-electron chi connectivity index (χ1n) is 8.16. The van der Waals surface area contributed by atoms with E-state index in [0.29, 0.717) is 12.2 Å². The molecule has 4 nitrogen and oxygen atoms in total. The predicted octanol–water partition coefficient (Wildman–Crippen LogP) is 3.53. The van der Waals surface area contributed by atoms with Crippen LogP contribution in [0.25, 0.3) is 0 Å². The second-order valence-corrected chi connectivity index (χ2v) is 6.30. The minimum Gasteiger partial charge on any atom is -0.351 e.